The normalized spacial score (nSPS) is 13.9. The minimum Gasteiger partial charge on any atom is -0.256 e. The summed E-state index contributed by atoms with van der Waals surface area (Å²) in [5.74, 6) is 0. The predicted molar refractivity (Wildman–Crippen MR) is 103 cm³/mol. The van der Waals surface area contributed by atoms with Crippen LogP contribution in [0.5, 0.6) is 0 Å². The number of nitrogens with zero attached hydrogens (tertiary/aromatic N) is 1. The molecule has 0 fully saturated rings. The first-order chi connectivity index (χ1) is 12.6. The molecule has 0 aliphatic carbocycles. The van der Waals surface area contributed by atoms with Crippen LogP contribution in [-0.4, -0.2) is 4.98 Å². The van der Waals surface area contributed by atoms with Gasteiger partial charge in [0.15, 0.2) is 0 Å². The second-order valence-electron chi connectivity index (χ2n) is 7.41. The van der Waals surface area contributed by atoms with Gasteiger partial charge in [-0.25, -0.2) is 0 Å². The quantitative estimate of drug-likeness (QED) is 0.551. The van der Waals surface area contributed by atoms with Crippen LogP contribution in [0.1, 0.15) is 36.0 Å². The fraction of sp³-hybridized carbons (Fsp3) is 0.261. The van der Waals surface area contributed by atoms with Crippen molar-refractivity contribution >= 4 is 0 Å². The summed E-state index contributed by atoms with van der Waals surface area (Å²) < 4.78 is 23.6. The molecule has 24 heavy (non-hydrogen) atoms. The van der Waals surface area contributed by atoms with Crippen LogP contribution in [0.3, 0.4) is 0 Å². The van der Waals surface area contributed by atoms with Gasteiger partial charge in [0.05, 0.1) is 5.69 Å². The van der Waals surface area contributed by atoms with E-state index in [1.54, 1.807) is 12.3 Å². The molecule has 1 aromatic heterocycles. The standard InChI is InChI=1S/C23H25N/c1-17-10-11-19(14-21(17)16-23(2,3)4)20-12-13-24-22(15-20)18-8-6-5-7-9-18/h5-15H,16H2,1-4H3/i1D3. The fourth-order valence-electron chi connectivity index (χ4n) is 2.87. The van der Waals surface area contributed by atoms with Crippen LogP contribution in [0.25, 0.3) is 22.4 Å². The lowest BCUT2D eigenvalue weighted by atomic mass is 9.85. The molecule has 2 aromatic carbocycles. The van der Waals surface area contributed by atoms with Gasteiger partial charge in [-0.15, -0.1) is 0 Å². The Morgan fingerprint density at radius 3 is 2.33 bits per heavy atom. The zero-order valence-corrected chi connectivity index (χ0v) is 14.5. The Labute approximate surface area is 149 Å². The van der Waals surface area contributed by atoms with E-state index in [1.807, 2.05) is 48.5 Å². The lowest BCUT2D eigenvalue weighted by molar-refractivity contribution is 0.410. The highest BCUT2D eigenvalue weighted by Gasteiger charge is 2.14. The molecule has 0 saturated carbocycles. The topological polar surface area (TPSA) is 12.9 Å². The smallest absolute Gasteiger partial charge is 0.0708 e. The van der Waals surface area contributed by atoms with Gasteiger partial charge in [-0.05, 0) is 53.1 Å². The molecular formula is C23H25N. The van der Waals surface area contributed by atoms with Crippen molar-refractivity contribution in [3.8, 4) is 22.4 Å². The Bertz CT molecular complexity index is 922. The Hall–Kier alpha value is -2.41. The zero-order valence-electron chi connectivity index (χ0n) is 17.5. The molecule has 0 saturated heterocycles. The first kappa shape index (κ1) is 12.9. The van der Waals surface area contributed by atoms with Crippen molar-refractivity contribution in [2.75, 3.05) is 0 Å². The molecule has 0 aliphatic heterocycles. The number of rotatable bonds is 3. The van der Waals surface area contributed by atoms with Gasteiger partial charge in [0.2, 0.25) is 0 Å². The largest absolute Gasteiger partial charge is 0.256 e. The average Bonchev–Trinajstić information content (AvgIpc) is 2.60. The highest BCUT2D eigenvalue weighted by atomic mass is 14.7. The third-order valence-corrected chi connectivity index (χ3v) is 3.99. The molecule has 1 nitrogen and oxygen atoms in total. The molecule has 0 spiro atoms. The number of pyridine rings is 1. The molecule has 1 heteroatoms. The van der Waals surface area contributed by atoms with Crippen molar-refractivity contribution in [2.24, 2.45) is 5.41 Å². The van der Waals surface area contributed by atoms with E-state index in [2.05, 4.69) is 31.8 Å². The van der Waals surface area contributed by atoms with Crippen molar-refractivity contribution < 1.29 is 4.11 Å². The second kappa shape index (κ2) is 6.60. The van der Waals surface area contributed by atoms with Gasteiger partial charge >= 0.3 is 0 Å². The molecule has 122 valence electrons. The van der Waals surface area contributed by atoms with Crippen LogP contribution in [0, 0.1) is 12.3 Å². The molecular weight excluding hydrogens is 290 g/mol. The summed E-state index contributed by atoms with van der Waals surface area (Å²) in [4.78, 5) is 4.48. The van der Waals surface area contributed by atoms with Crippen molar-refractivity contribution in [1.29, 1.82) is 0 Å². The first-order valence-electron chi connectivity index (χ1n) is 9.79. The Balaban J connectivity index is 2.06. The van der Waals surface area contributed by atoms with Gasteiger partial charge in [0.1, 0.15) is 0 Å². The summed E-state index contributed by atoms with van der Waals surface area (Å²) in [7, 11) is 0. The molecule has 0 aliphatic rings. The number of benzene rings is 2. The summed E-state index contributed by atoms with van der Waals surface area (Å²) in [5, 5.41) is 0. The molecule has 0 atom stereocenters. The SMILES string of the molecule is [2H]C([2H])([2H])c1ccc(-c2ccnc(-c3ccccc3)c2)cc1CC(C)(C)C. The van der Waals surface area contributed by atoms with Crippen LogP contribution < -0.4 is 0 Å². The van der Waals surface area contributed by atoms with Crippen molar-refractivity contribution in [3.63, 3.8) is 0 Å². The number of aromatic nitrogens is 1. The van der Waals surface area contributed by atoms with Crippen molar-refractivity contribution in [1.82, 2.24) is 4.98 Å². The van der Waals surface area contributed by atoms with Gasteiger partial charge < -0.3 is 0 Å². The van der Waals surface area contributed by atoms with Crippen LogP contribution in [0.4, 0.5) is 0 Å². The monoisotopic (exact) mass is 318 g/mol. The molecule has 3 aromatic rings. The van der Waals surface area contributed by atoms with Gasteiger partial charge in [-0.2, -0.15) is 0 Å². The summed E-state index contributed by atoms with van der Waals surface area (Å²) in [6.45, 7) is 4.28. The minimum absolute atomic E-state index is 0.00602. The van der Waals surface area contributed by atoms with Gasteiger partial charge in [-0.3, -0.25) is 4.98 Å². The zero-order chi connectivity index (χ0) is 19.7. The molecule has 0 amide bonds. The minimum atomic E-state index is -2.10. The Kier molecular flexibility index (Phi) is 3.56. The maximum Gasteiger partial charge on any atom is 0.0708 e. The summed E-state index contributed by atoms with van der Waals surface area (Å²) in [6, 6.07) is 19.8. The summed E-state index contributed by atoms with van der Waals surface area (Å²) >= 11 is 0. The van der Waals surface area contributed by atoms with Crippen LogP contribution >= 0.6 is 0 Å². The van der Waals surface area contributed by atoms with E-state index in [0.717, 1.165) is 27.9 Å². The maximum absolute atomic E-state index is 7.87. The van der Waals surface area contributed by atoms with Crippen LogP contribution in [-0.2, 0) is 6.42 Å². The predicted octanol–water partition coefficient (Wildman–Crippen LogP) is 6.31. The van der Waals surface area contributed by atoms with Crippen molar-refractivity contribution in [3.05, 3.63) is 78.0 Å². The Morgan fingerprint density at radius 1 is 0.875 bits per heavy atom. The molecule has 3 rings (SSSR count). The van der Waals surface area contributed by atoms with Gasteiger partial charge in [0.25, 0.3) is 0 Å². The fourth-order valence-corrected chi connectivity index (χ4v) is 2.87. The first-order valence-corrected chi connectivity index (χ1v) is 8.29. The van der Waals surface area contributed by atoms with Gasteiger partial charge in [0, 0.05) is 15.9 Å². The summed E-state index contributed by atoms with van der Waals surface area (Å²) in [6.07, 6.45) is 2.52. The molecule has 0 radical (unpaired) electrons. The van der Waals surface area contributed by atoms with E-state index in [-0.39, 0.29) is 5.41 Å². The van der Waals surface area contributed by atoms with E-state index < -0.39 is 6.85 Å². The Morgan fingerprint density at radius 2 is 1.62 bits per heavy atom. The molecule has 1 heterocycles. The second-order valence-corrected chi connectivity index (χ2v) is 7.41. The maximum atomic E-state index is 7.87. The lowest BCUT2D eigenvalue weighted by Crippen LogP contribution is -2.10. The highest BCUT2D eigenvalue weighted by Crippen LogP contribution is 2.29. The highest BCUT2D eigenvalue weighted by molar-refractivity contribution is 5.71. The van der Waals surface area contributed by atoms with E-state index in [1.165, 1.54) is 0 Å². The van der Waals surface area contributed by atoms with E-state index in [4.69, 9.17) is 4.11 Å². The van der Waals surface area contributed by atoms with E-state index >= 15 is 0 Å². The number of hydrogen-bond donors (Lipinski definition) is 0. The summed E-state index contributed by atoms with van der Waals surface area (Å²) in [5.41, 5.74) is 5.36. The van der Waals surface area contributed by atoms with Gasteiger partial charge in [-0.1, -0.05) is 69.3 Å². The van der Waals surface area contributed by atoms with E-state index in [9.17, 15) is 0 Å². The third kappa shape index (κ3) is 3.91. The lowest BCUT2D eigenvalue weighted by Gasteiger charge is -2.20. The molecule has 0 N–H and O–H groups in total. The van der Waals surface area contributed by atoms with E-state index in [0.29, 0.717) is 12.0 Å². The van der Waals surface area contributed by atoms with Crippen molar-refractivity contribution in [2.45, 2.75) is 34.0 Å². The number of hydrogen-bond acceptors (Lipinski definition) is 1. The molecule has 0 bridgehead atoms. The van der Waals surface area contributed by atoms with Crippen LogP contribution in [0.15, 0.2) is 66.9 Å². The third-order valence-electron chi connectivity index (χ3n) is 3.99. The van der Waals surface area contributed by atoms with Crippen LogP contribution in [0.2, 0.25) is 0 Å². The molecule has 0 unspecified atom stereocenters. The average molecular weight is 318 g/mol. The number of aryl methyl sites for hydroxylation is 1.